The van der Waals surface area contributed by atoms with E-state index in [1.807, 2.05) is 0 Å². The summed E-state index contributed by atoms with van der Waals surface area (Å²) in [5.41, 5.74) is 0.676. The van der Waals surface area contributed by atoms with Crippen LogP contribution in [-0.4, -0.2) is 16.8 Å². The molecule has 96 valence electrons. The van der Waals surface area contributed by atoms with E-state index in [9.17, 15) is 13.2 Å². The van der Waals surface area contributed by atoms with Gasteiger partial charge in [-0.15, -0.1) is 0 Å². The number of nitrogens with one attached hydrogen (secondary N) is 1. The molecule has 3 nitrogen and oxygen atoms in total. The standard InChI is InChI=1S/C12H12F3N3/c1-16-10-6-8(11-3-4-18(2)17-11)5-9(7-10)12(13,14)15/h3-7,16H,1-2H3. The van der Waals surface area contributed by atoms with E-state index < -0.39 is 11.7 Å². The molecule has 0 aliphatic rings. The zero-order valence-corrected chi connectivity index (χ0v) is 9.92. The van der Waals surface area contributed by atoms with Crippen LogP contribution in [0.2, 0.25) is 0 Å². The number of hydrogen-bond acceptors (Lipinski definition) is 2. The number of hydrogen-bond donors (Lipinski definition) is 1. The summed E-state index contributed by atoms with van der Waals surface area (Å²) in [5, 5.41) is 6.82. The van der Waals surface area contributed by atoms with Gasteiger partial charge in [-0.25, -0.2) is 0 Å². The number of alkyl halides is 3. The summed E-state index contributed by atoms with van der Waals surface area (Å²) in [5.74, 6) is 0. The predicted molar refractivity (Wildman–Crippen MR) is 63.2 cm³/mol. The summed E-state index contributed by atoms with van der Waals surface area (Å²) >= 11 is 0. The Morgan fingerprint density at radius 1 is 1.22 bits per heavy atom. The Bertz CT molecular complexity index is 558. The largest absolute Gasteiger partial charge is 0.416 e. The number of rotatable bonds is 2. The second-order valence-electron chi connectivity index (χ2n) is 3.92. The van der Waals surface area contributed by atoms with Gasteiger partial charge in [-0.05, 0) is 24.3 Å². The van der Waals surface area contributed by atoms with E-state index in [2.05, 4.69) is 10.4 Å². The zero-order valence-electron chi connectivity index (χ0n) is 9.92. The molecule has 1 N–H and O–H groups in total. The lowest BCUT2D eigenvalue weighted by Gasteiger charge is -2.11. The van der Waals surface area contributed by atoms with Gasteiger partial charge in [0.1, 0.15) is 0 Å². The summed E-state index contributed by atoms with van der Waals surface area (Å²) < 4.78 is 39.8. The van der Waals surface area contributed by atoms with Gasteiger partial charge >= 0.3 is 6.18 Å². The zero-order chi connectivity index (χ0) is 13.3. The maximum absolute atomic E-state index is 12.8. The highest BCUT2D eigenvalue weighted by molar-refractivity contribution is 5.66. The molecule has 0 aliphatic carbocycles. The summed E-state index contributed by atoms with van der Waals surface area (Å²) in [7, 11) is 3.30. The Kier molecular flexibility index (Phi) is 3.02. The van der Waals surface area contributed by atoms with E-state index in [1.54, 1.807) is 37.1 Å². The molecule has 1 aromatic heterocycles. The minimum absolute atomic E-state index is 0.408. The number of halogens is 3. The minimum atomic E-state index is -4.36. The molecule has 0 aliphatic heterocycles. The quantitative estimate of drug-likeness (QED) is 0.893. The fourth-order valence-electron chi connectivity index (χ4n) is 1.65. The Morgan fingerprint density at radius 3 is 2.44 bits per heavy atom. The average molecular weight is 255 g/mol. The van der Waals surface area contributed by atoms with Crippen LogP contribution in [0.4, 0.5) is 18.9 Å². The summed E-state index contributed by atoms with van der Waals surface area (Å²) in [6.07, 6.45) is -2.68. The highest BCUT2D eigenvalue weighted by Gasteiger charge is 2.31. The molecule has 0 spiro atoms. The molecule has 18 heavy (non-hydrogen) atoms. The van der Waals surface area contributed by atoms with E-state index in [4.69, 9.17) is 0 Å². The molecule has 0 unspecified atom stereocenters. The van der Waals surface area contributed by atoms with Crippen molar-refractivity contribution in [2.24, 2.45) is 7.05 Å². The molecule has 2 rings (SSSR count). The van der Waals surface area contributed by atoms with Crippen LogP contribution >= 0.6 is 0 Å². The average Bonchev–Trinajstić information content (AvgIpc) is 2.74. The second kappa shape index (κ2) is 4.36. The maximum Gasteiger partial charge on any atom is 0.416 e. The Labute approximate surface area is 102 Å². The van der Waals surface area contributed by atoms with Crippen LogP contribution in [0.1, 0.15) is 5.56 Å². The number of aryl methyl sites for hydroxylation is 1. The molecule has 0 amide bonds. The number of anilines is 1. The number of aromatic nitrogens is 2. The topological polar surface area (TPSA) is 29.9 Å². The third-order valence-corrected chi connectivity index (χ3v) is 2.56. The Balaban J connectivity index is 2.54. The van der Waals surface area contributed by atoms with E-state index >= 15 is 0 Å². The fourth-order valence-corrected chi connectivity index (χ4v) is 1.65. The van der Waals surface area contributed by atoms with Crippen molar-refractivity contribution < 1.29 is 13.2 Å². The summed E-state index contributed by atoms with van der Waals surface area (Å²) in [6, 6.07) is 5.49. The third-order valence-electron chi connectivity index (χ3n) is 2.56. The van der Waals surface area contributed by atoms with Crippen molar-refractivity contribution in [2.45, 2.75) is 6.18 Å². The molecular formula is C12H12F3N3. The molecule has 1 heterocycles. The SMILES string of the molecule is CNc1cc(-c2ccn(C)n2)cc(C(F)(F)F)c1. The van der Waals surface area contributed by atoms with Crippen LogP contribution in [0.3, 0.4) is 0 Å². The monoisotopic (exact) mass is 255 g/mol. The van der Waals surface area contributed by atoms with Gasteiger partial charge in [0.2, 0.25) is 0 Å². The molecule has 0 bridgehead atoms. The molecule has 0 atom stereocenters. The van der Waals surface area contributed by atoms with Gasteiger partial charge in [-0.2, -0.15) is 18.3 Å². The lowest BCUT2D eigenvalue weighted by Crippen LogP contribution is -2.06. The smallest absolute Gasteiger partial charge is 0.388 e. The van der Waals surface area contributed by atoms with Crippen molar-refractivity contribution >= 4 is 5.69 Å². The van der Waals surface area contributed by atoms with Crippen molar-refractivity contribution in [2.75, 3.05) is 12.4 Å². The number of nitrogens with zero attached hydrogens (tertiary/aromatic N) is 2. The minimum Gasteiger partial charge on any atom is -0.388 e. The van der Waals surface area contributed by atoms with E-state index in [0.717, 1.165) is 12.1 Å². The van der Waals surface area contributed by atoms with E-state index in [0.29, 0.717) is 16.9 Å². The van der Waals surface area contributed by atoms with Crippen molar-refractivity contribution in [3.63, 3.8) is 0 Å². The maximum atomic E-state index is 12.8. The summed E-state index contributed by atoms with van der Waals surface area (Å²) in [4.78, 5) is 0. The molecule has 1 aromatic carbocycles. The molecule has 0 saturated heterocycles. The summed E-state index contributed by atoms with van der Waals surface area (Å²) in [6.45, 7) is 0. The molecule has 0 saturated carbocycles. The lowest BCUT2D eigenvalue weighted by atomic mass is 10.1. The van der Waals surface area contributed by atoms with E-state index in [1.165, 1.54) is 0 Å². The van der Waals surface area contributed by atoms with Gasteiger partial charge in [0.05, 0.1) is 11.3 Å². The van der Waals surface area contributed by atoms with Gasteiger partial charge in [0.25, 0.3) is 0 Å². The first-order valence-corrected chi connectivity index (χ1v) is 5.30. The Morgan fingerprint density at radius 2 is 1.94 bits per heavy atom. The second-order valence-corrected chi connectivity index (χ2v) is 3.92. The Hall–Kier alpha value is -1.98. The van der Waals surface area contributed by atoms with Gasteiger partial charge < -0.3 is 5.32 Å². The predicted octanol–water partition coefficient (Wildman–Crippen LogP) is 3.15. The van der Waals surface area contributed by atoms with Crippen LogP contribution in [0, 0.1) is 0 Å². The van der Waals surface area contributed by atoms with Gasteiger partial charge in [-0.3, -0.25) is 4.68 Å². The first-order valence-electron chi connectivity index (χ1n) is 5.30. The fraction of sp³-hybridized carbons (Fsp3) is 0.250. The van der Waals surface area contributed by atoms with Gasteiger partial charge in [0.15, 0.2) is 0 Å². The molecular weight excluding hydrogens is 243 g/mol. The van der Waals surface area contributed by atoms with Crippen LogP contribution in [0.5, 0.6) is 0 Å². The van der Waals surface area contributed by atoms with Crippen molar-refractivity contribution in [1.82, 2.24) is 9.78 Å². The first kappa shape index (κ1) is 12.5. The van der Waals surface area contributed by atoms with Crippen LogP contribution in [-0.2, 0) is 13.2 Å². The van der Waals surface area contributed by atoms with Crippen molar-refractivity contribution in [3.8, 4) is 11.3 Å². The normalized spacial score (nSPS) is 11.6. The third kappa shape index (κ3) is 2.47. The highest BCUT2D eigenvalue weighted by Crippen LogP contribution is 2.34. The van der Waals surface area contributed by atoms with Crippen LogP contribution < -0.4 is 5.32 Å². The van der Waals surface area contributed by atoms with Crippen molar-refractivity contribution in [1.29, 1.82) is 0 Å². The van der Waals surface area contributed by atoms with Gasteiger partial charge in [0, 0.05) is 31.5 Å². The molecule has 0 fully saturated rings. The molecule has 2 aromatic rings. The first-order chi connectivity index (χ1) is 8.40. The number of benzene rings is 1. The van der Waals surface area contributed by atoms with E-state index in [-0.39, 0.29) is 0 Å². The van der Waals surface area contributed by atoms with Crippen LogP contribution in [0.15, 0.2) is 30.5 Å². The van der Waals surface area contributed by atoms with Gasteiger partial charge in [-0.1, -0.05) is 0 Å². The highest BCUT2D eigenvalue weighted by atomic mass is 19.4. The van der Waals surface area contributed by atoms with Crippen molar-refractivity contribution in [3.05, 3.63) is 36.0 Å². The lowest BCUT2D eigenvalue weighted by molar-refractivity contribution is -0.137. The molecule has 6 heteroatoms. The molecule has 0 radical (unpaired) electrons. The van der Waals surface area contributed by atoms with Crippen LogP contribution in [0.25, 0.3) is 11.3 Å².